The molecule has 0 aromatic heterocycles. The molecule has 2 aromatic carbocycles. The van der Waals surface area contributed by atoms with Gasteiger partial charge in [0.2, 0.25) is 10.0 Å². The highest BCUT2D eigenvalue weighted by Gasteiger charge is 2.41. The van der Waals surface area contributed by atoms with Crippen molar-refractivity contribution in [3.8, 4) is 0 Å². The molecule has 0 aliphatic carbocycles. The minimum absolute atomic E-state index is 0.204. The van der Waals surface area contributed by atoms with Crippen LogP contribution in [0, 0.1) is 5.92 Å². The third-order valence-electron chi connectivity index (χ3n) is 5.05. The zero-order valence-corrected chi connectivity index (χ0v) is 18.6. The van der Waals surface area contributed by atoms with Crippen molar-refractivity contribution in [2.75, 3.05) is 34.7 Å². The summed E-state index contributed by atoms with van der Waals surface area (Å²) in [7, 11) is 3.49. The number of fused-ring (bicyclic) bond motifs is 2. The fourth-order valence-corrected chi connectivity index (χ4v) is 6.00. The average molecular weight is 421 g/mol. The number of aliphatic hydroxyl groups is 1. The lowest BCUT2D eigenvalue weighted by Crippen LogP contribution is -2.35. The Morgan fingerprint density at radius 3 is 2.32 bits per heavy atom. The van der Waals surface area contributed by atoms with E-state index in [-0.39, 0.29) is 10.8 Å². The molecule has 7 heteroatoms. The summed E-state index contributed by atoms with van der Waals surface area (Å²) in [4.78, 5) is 4.22. The monoisotopic (exact) mass is 420 g/mol. The van der Waals surface area contributed by atoms with Crippen molar-refractivity contribution in [1.82, 2.24) is 9.21 Å². The highest BCUT2D eigenvalue weighted by Crippen LogP contribution is 2.51. The van der Waals surface area contributed by atoms with Gasteiger partial charge in [-0.15, -0.1) is 0 Å². The first-order chi connectivity index (χ1) is 13.1. The van der Waals surface area contributed by atoms with E-state index in [0.717, 1.165) is 21.9 Å². The van der Waals surface area contributed by atoms with E-state index in [1.54, 1.807) is 23.9 Å². The topological polar surface area (TPSA) is 60.9 Å². The van der Waals surface area contributed by atoms with E-state index in [4.69, 9.17) is 0 Å². The molecule has 2 aromatic rings. The van der Waals surface area contributed by atoms with E-state index in [1.165, 1.54) is 18.4 Å². The van der Waals surface area contributed by atoms with E-state index in [0.29, 0.717) is 12.0 Å². The van der Waals surface area contributed by atoms with Gasteiger partial charge in [0.1, 0.15) is 5.60 Å². The molecule has 2 unspecified atom stereocenters. The molecule has 1 aliphatic heterocycles. The lowest BCUT2D eigenvalue weighted by Gasteiger charge is -2.38. The van der Waals surface area contributed by atoms with Crippen LogP contribution in [-0.2, 0) is 15.6 Å². The fraction of sp³-hybridized carbons (Fsp3) is 0.429. The molecule has 0 bridgehead atoms. The minimum atomic E-state index is -3.58. The Kier molecular flexibility index (Phi) is 5.94. The van der Waals surface area contributed by atoms with Gasteiger partial charge in [-0.05, 0) is 50.7 Å². The zero-order chi connectivity index (χ0) is 20.7. The van der Waals surface area contributed by atoms with Crippen molar-refractivity contribution in [3.63, 3.8) is 0 Å². The molecular formula is C21H28N2O3S2. The first-order valence-corrected chi connectivity index (χ1v) is 11.5. The largest absolute Gasteiger partial charge is 0.380 e. The van der Waals surface area contributed by atoms with Gasteiger partial charge in [0.25, 0.3) is 0 Å². The third kappa shape index (κ3) is 3.86. The summed E-state index contributed by atoms with van der Waals surface area (Å²) in [5.41, 5.74) is 0.284. The van der Waals surface area contributed by atoms with Crippen molar-refractivity contribution < 1.29 is 13.5 Å². The second-order valence-corrected chi connectivity index (χ2v) is 11.2. The molecule has 3 rings (SSSR count). The van der Waals surface area contributed by atoms with Crippen LogP contribution in [0.4, 0.5) is 0 Å². The molecular weight excluding hydrogens is 392 g/mol. The number of rotatable bonds is 6. The molecule has 1 N–H and O–H groups in total. The fourth-order valence-electron chi connectivity index (χ4n) is 3.87. The second-order valence-electron chi connectivity index (χ2n) is 7.98. The molecule has 28 heavy (non-hydrogen) atoms. The van der Waals surface area contributed by atoms with Crippen LogP contribution in [0.3, 0.4) is 0 Å². The van der Waals surface area contributed by atoms with Crippen LogP contribution in [0.25, 0.3) is 0 Å². The van der Waals surface area contributed by atoms with Gasteiger partial charge in [0, 0.05) is 41.6 Å². The molecule has 0 radical (unpaired) electrons. The van der Waals surface area contributed by atoms with Gasteiger partial charge in [-0.1, -0.05) is 36.9 Å². The van der Waals surface area contributed by atoms with Crippen LogP contribution in [-0.4, -0.2) is 57.5 Å². The van der Waals surface area contributed by atoms with Crippen molar-refractivity contribution in [3.05, 3.63) is 53.6 Å². The Morgan fingerprint density at radius 2 is 1.68 bits per heavy atom. The highest BCUT2D eigenvalue weighted by atomic mass is 32.2. The van der Waals surface area contributed by atoms with E-state index < -0.39 is 15.6 Å². The predicted molar refractivity (Wildman–Crippen MR) is 113 cm³/mol. The molecule has 0 amide bonds. The first-order valence-electron chi connectivity index (χ1n) is 9.27. The Labute approximate surface area is 172 Å². The minimum Gasteiger partial charge on any atom is -0.380 e. The van der Waals surface area contributed by atoms with Crippen LogP contribution >= 0.6 is 11.8 Å². The van der Waals surface area contributed by atoms with E-state index >= 15 is 0 Å². The van der Waals surface area contributed by atoms with Crippen molar-refractivity contribution in [2.24, 2.45) is 5.92 Å². The molecule has 0 saturated carbocycles. The summed E-state index contributed by atoms with van der Waals surface area (Å²) < 4.78 is 26.5. The van der Waals surface area contributed by atoms with Crippen molar-refractivity contribution in [1.29, 1.82) is 0 Å². The summed E-state index contributed by atoms with van der Waals surface area (Å²) in [6, 6.07) is 12.9. The van der Waals surface area contributed by atoms with Gasteiger partial charge in [0.15, 0.2) is 0 Å². The Morgan fingerprint density at radius 1 is 1.04 bits per heavy atom. The van der Waals surface area contributed by atoms with E-state index in [1.807, 2.05) is 44.4 Å². The maximum absolute atomic E-state index is 12.7. The van der Waals surface area contributed by atoms with Crippen LogP contribution < -0.4 is 0 Å². The Bertz CT molecular complexity index is 973. The molecule has 1 aliphatic rings. The quantitative estimate of drug-likeness (QED) is 0.778. The predicted octanol–water partition coefficient (Wildman–Crippen LogP) is 3.23. The Hall–Kier alpha value is -1.38. The van der Waals surface area contributed by atoms with Gasteiger partial charge in [-0.2, -0.15) is 0 Å². The van der Waals surface area contributed by atoms with E-state index in [2.05, 4.69) is 11.8 Å². The molecule has 0 spiro atoms. The molecule has 2 atom stereocenters. The average Bonchev–Trinajstić information content (AvgIpc) is 2.60. The second kappa shape index (κ2) is 7.80. The van der Waals surface area contributed by atoms with Crippen LogP contribution in [0.15, 0.2) is 57.2 Å². The third-order valence-corrected chi connectivity index (χ3v) is 8.01. The van der Waals surface area contributed by atoms with Gasteiger partial charge >= 0.3 is 0 Å². The number of sulfonamides is 1. The number of hydrogen-bond donors (Lipinski definition) is 1. The van der Waals surface area contributed by atoms with E-state index in [9.17, 15) is 13.5 Å². The number of nitrogens with zero attached hydrogens (tertiary/aromatic N) is 2. The first kappa shape index (κ1) is 21.3. The number of hydrogen-bond acceptors (Lipinski definition) is 5. The van der Waals surface area contributed by atoms with Crippen molar-refractivity contribution in [2.45, 2.75) is 33.6 Å². The maximum atomic E-state index is 12.7. The highest BCUT2D eigenvalue weighted by molar-refractivity contribution is 7.99. The smallest absolute Gasteiger partial charge is 0.242 e. The lowest BCUT2D eigenvalue weighted by molar-refractivity contribution is 0.0443. The summed E-state index contributed by atoms with van der Waals surface area (Å²) in [5, 5.41) is 11.9. The number of benzene rings is 2. The molecule has 152 valence electrons. The summed E-state index contributed by atoms with van der Waals surface area (Å²) in [6.07, 6.45) is 0.515. The van der Waals surface area contributed by atoms with Gasteiger partial charge in [0.05, 0.1) is 4.90 Å². The maximum Gasteiger partial charge on any atom is 0.242 e. The zero-order valence-electron chi connectivity index (χ0n) is 17.0. The summed E-state index contributed by atoms with van der Waals surface area (Å²) in [6.45, 7) is 2.95. The normalized spacial score (nSPS) is 20.1. The van der Waals surface area contributed by atoms with Crippen LogP contribution in [0.5, 0.6) is 0 Å². The molecule has 5 nitrogen and oxygen atoms in total. The lowest BCUT2D eigenvalue weighted by atomic mass is 9.79. The van der Waals surface area contributed by atoms with Crippen molar-refractivity contribution >= 4 is 21.8 Å². The summed E-state index contributed by atoms with van der Waals surface area (Å²) in [5.74, 6) is 0.220. The van der Waals surface area contributed by atoms with Crippen LogP contribution in [0.2, 0.25) is 0 Å². The van der Waals surface area contributed by atoms with Gasteiger partial charge < -0.3 is 10.0 Å². The standard InChI is InChI=1S/C21H28N2O3S2/c1-15(14-22(2)3)13-21(24)17-8-6-7-9-19(17)27-20-11-10-16(12-18(20)21)28(25,26)23(4)5/h6-12,15,24H,13-14H2,1-5H3. The Balaban J connectivity index is 2.16. The SMILES string of the molecule is CC(CN(C)C)CC1(O)c2ccccc2Sc2ccc(S(=O)(=O)N(C)C)cc21. The van der Waals surface area contributed by atoms with Gasteiger partial charge in [-0.25, -0.2) is 12.7 Å². The molecule has 1 heterocycles. The summed E-state index contributed by atoms with van der Waals surface area (Å²) >= 11 is 1.57. The van der Waals surface area contributed by atoms with Gasteiger partial charge in [-0.3, -0.25) is 0 Å². The molecule has 0 fully saturated rings. The van der Waals surface area contributed by atoms with Crippen LogP contribution in [0.1, 0.15) is 24.5 Å². The molecule has 0 saturated heterocycles.